The fourth-order valence-electron chi connectivity index (χ4n) is 2.02. The van der Waals surface area contributed by atoms with Crippen LogP contribution in [0, 0.1) is 0 Å². The fraction of sp³-hybridized carbons (Fsp3) is 0.278. The molecule has 0 aliphatic carbocycles. The highest BCUT2D eigenvalue weighted by molar-refractivity contribution is 5.89. The van der Waals surface area contributed by atoms with Crippen LogP contribution in [0.3, 0.4) is 0 Å². The Morgan fingerprint density at radius 2 is 1.86 bits per heavy atom. The molecule has 0 aliphatic heterocycles. The fourth-order valence-corrected chi connectivity index (χ4v) is 2.02. The van der Waals surface area contributed by atoms with Crippen LogP contribution in [0.5, 0.6) is 5.75 Å². The Kier molecular flexibility index (Phi) is 5.83. The van der Waals surface area contributed by atoms with Crippen LogP contribution in [-0.2, 0) is 6.42 Å². The van der Waals surface area contributed by atoms with Crippen LogP contribution < -0.4 is 15.4 Å². The van der Waals surface area contributed by atoms with Crippen molar-refractivity contribution in [1.29, 1.82) is 0 Å². The molecule has 2 rings (SSSR count). The SMILES string of the molecule is CC(C)NC(=O)Nc1cccc(OCCc2ccccc2)c1. The molecule has 0 spiro atoms. The van der Waals surface area contributed by atoms with Crippen LogP contribution >= 0.6 is 0 Å². The van der Waals surface area contributed by atoms with E-state index >= 15 is 0 Å². The Morgan fingerprint density at radius 1 is 1.09 bits per heavy atom. The lowest BCUT2D eigenvalue weighted by atomic mass is 10.2. The van der Waals surface area contributed by atoms with Crippen molar-refractivity contribution < 1.29 is 9.53 Å². The average Bonchev–Trinajstić information content (AvgIpc) is 2.48. The van der Waals surface area contributed by atoms with E-state index in [0.717, 1.165) is 17.9 Å². The molecule has 0 saturated carbocycles. The second-order valence-corrected chi connectivity index (χ2v) is 5.37. The summed E-state index contributed by atoms with van der Waals surface area (Å²) in [6.45, 7) is 4.44. The summed E-state index contributed by atoms with van der Waals surface area (Å²) in [6, 6.07) is 17.5. The lowest BCUT2D eigenvalue weighted by Crippen LogP contribution is -2.34. The summed E-state index contributed by atoms with van der Waals surface area (Å²) >= 11 is 0. The Bertz CT molecular complexity index is 597. The van der Waals surface area contributed by atoms with E-state index in [1.165, 1.54) is 5.56 Å². The van der Waals surface area contributed by atoms with Crippen LogP contribution in [0.25, 0.3) is 0 Å². The Labute approximate surface area is 131 Å². The van der Waals surface area contributed by atoms with Crippen LogP contribution in [0.2, 0.25) is 0 Å². The summed E-state index contributed by atoms with van der Waals surface area (Å²) in [5.74, 6) is 0.748. The normalized spacial score (nSPS) is 10.3. The van der Waals surface area contributed by atoms with Gasteiger partial charge in [-0.3, -0.25) is 0 Å². The molecule has 0 aromatic heterocycles. The molecule has 0 saturated heterocycles. The van der Waals surface area contributed by atoms with Crippen molar-refractivity contribution in [2.45, 2.75) is 26.3 Å². The van der Waals surface area contributed by atoms with E-state index < -0.39 is 0 Å². The number of carbonyl (C=O) groups excluding carboxylic acids is 1. The van der Waals surface area contributed by atoms with E-state index in [1.54, 1.807) is 0 Å². The van der Waals surface area contributed by atoms with E-state index in [2.05, 4.69) is 22.8 Å². The predicted molar refractivity (Wildman–Crippen MR) is 89.4 cm³/mol. The van der Waals surface area contributed by atoms with Crippen molar-refractivity contribution in [3.63, 3.8) is 0 Å². The number of benzene rings is 2. The number of carbonyl (C=O) groups is 1. The van der Waals surface area contributed by atoms with Crippen LogP contribution in [0.15, 0.2) is 54.6 Å². The monoisotopic (exact) mass is 298 g/mol. The third-order valence-electron chi connectivity index (χ3n) is 3.01. The van der Waals surface area contributed by atoms with E-state index in [-0.39, 0.29) is 12.1 Å². The van der Waals surface area contributed by atoms with Gasteiger partial charge in [0.15, 0.2) is 0 Å². The van der Waals surface area contributed by atoms with Crippen molar-refractivity contribution in [3.8, 4) is 5.75 Å². The van der Waals surface area contributed by atoms with Gasteiger partial charge in [-0.15, -0.1) is 0 Å². The maximum Gasteiger partial charge on any atom is 0.319 e. The van der Waals surface area contributed by atoms with Gasteiger partial charge in [0.05, 0.1) is 6.61 Å². The molecular weight excluding hydrogens is 276 g/mol. The first kappa shape index (κ1) is 15.9. The van der Waals surface area contributed by atoms with Crippen molar-refractivity contribution in [2.75, 3.05) is 11.9 Å². The maximum absolute atomic E-state index is 11.7. The van der Waals surface area contributed by atoms with Crippen LogP contribution in [0.1, 0.15) is 19.4 Å². The lowest BCUT2D eigenvalue weighted by Gasteiger charge is -2.11. The molecule has 0 atom stereocenters. The highest BCUT2D eigenvalue weighted by atomic mass is 16.5. The van der Waals surface area contributed by atoms with Crippen molar-refractivity contribution >= 4 is 11.7 Å². The van der Waals surface area contributed by atoms with E-state index in [0.29, 0.717) is 6.61 Å². The quantitative estimate of drug-likeness (QED) is 0.851. The Hall–Kier alpha value is -2.49. The largest absolute Gasteiger partial charge is 0.493 e. The Morgan fingerprint density at radius 3 is 2.59 bits per heavy atom. The lowest BCUT2D eigenvalue weighted by molar-refractivity contribution is 0.250. The second-order valence-electron chi connectivity index (χ2n) is 5.37. The van der Waals surface area contributed by atoms with Crippen molar-refractivity contribution in [2.24, 2.45) is 0 Å². The molecule has 0 unspecified atom stereocenters. The molecule has 0 bridgehead atoms. The summed E-state index contributed by atoms with van der Waals surface area (Å²) in [7, 11) is 0. The molecule has 0 radical (unpaired) electrons. The number of hydrogen-bond donors (Lipinski definition) is 2. The molecule has 0 fully saturated rings. The first-order valence-electron chi connectivity index (χ1n) is 7.48. The topological polar surface area (TPSA) is 50.4 Å². The molecule has 2 aromatic carbocycles. The zero-order valence-corrected chi connectivity index (χ0v) is 13.0. The number of anilines is 1. The molecule has 2 amide bonds. The zero-order chi connectivity index (χ0) is 15.8. The highest BCUT2D eigenvalue weighted by Crippen LogP contribution is 2.17. The summed E-state index contributed by atoms with van der Waals surface area (Å²) in [4.78, 5) is 11.7. The summed E-state index contributed by atoms with van der Waals surface area (Å²) in [5.41, 5.74) is 1.96. The molecular formula is C18H22N2O2. The van der Waals surface area contributed by atoms with Gasteiger partial charge in [0.1, 0.15) is 5.75 Å². The molecule has 4 nitrogen and oxygen atoms in total. The van der Waals surface area contributed by atoms with Gasteiger partial charge in [-0.25, -0.2) is 4.79 Å². The summed E-state index contributed by atoms with van der Waals surface area (Å²) < 4.78 is 5.74. The Balaban J connectivity index is 1.84. The van der Waals surface area contributed by atoms with Gasteiger partial charge in [-0.2, -0.15) is 0 Å². The molecule has 116 valence electrons. The first-order valence-corrected chi connectivity index (χ1v) is 7.48. The minimum absolute atomic E-state index is 0.102. The average molecular weight is 298 g/mol. The van der Waals surface area contributed by atoms with Crippen molar-refractivity contribution in [1.82, 2.24) is 5.32 Å². The number of hydrogen-bond acceptors (Lipinski definition) is 2. The van der Waals surface area contributed by atoms with Gasteiger partial charge in [0, 0.05) is 24.2 Å². The van der Waals surface area contributed by atoms with Gasteiger partial charge in [0.2, 0.25) is 0 Å². The van der Waals surface area contributed by atoms with Gasteiger partial charge < -0.3 is 15.4 Å². The second kappa shape index (κ2) is 8.08. The third kappa shape index (κ3) is 5.48. The standard InChI is InChI=1S/C18H22N2O2/c1-14(2)19-18(21)20-16-9-6-10-17(13-16)22-12-11-15-7-4-3-5-8-15/h3-10,13-14H,11-12H2,1-2H3,(H2,19,20,21). The molecule has 22 heavy (non-hydrogen) atoms. The number of urea groups is 1. The minimum atomic E-state index is -0.212. The van der Waals surface area contributed by atoms with Gasteiger partial charge in [-0.1, -0.05) is 36.4 Å². The molecule has 2 aromatic rings. The predicted octanol–water partition coefficient (Wildman–Crippen LogP) is 3.84. The van der Waals surface area contributed by atoms with Crippen LogP contribution in [0.4, 0.5) is 10.5 Å². The maximum atomic E-state index is 11.7. The number of rotatable bonds is 6. The molecule has 0 aliphatic rings. The molecule has 0 heterocycles. The van der Waals surface area contributed by atoms with Crippen molar-refractivity contribution in [3.05, 3.63) is 60.2 Å². The summed E-state index contributed by atoms with van der Waals surface area (Å²) in [5, 5.41) is 5.58. The minimum Gasteiger partial charge on any atom is -0.493 e. The molecule has 2 N–H and O–H groups in total. The van der Waals surface area contributed by atoms with E-state index in [9.17, 15) is 4.79 Å². The molecule has 4 heteroatoms. The van der Waals surface area contributed by atoms with Gasteiger partial charge >= 0.3 is 6.03 Å². The number of ether oxygens (including phenoxy) is 1. The third-order valence-corrected chi connectivity index (χ3v) is 3.01. The van der Waals surface area contributed by atoms with Gasteiger partial charge in [-0.05, 0) is 31.5 Å². The number of amides is 2. The zero-order valence-electron chi connectivity index (χ0n) is 13.0. The van der Waals surface area contributed by atoms with Gasteiger partial charge in [0.25, 0.3) is 0 Å². The smallest absolute Gasteiger partial charge is 0.319 e. The highest BCUT2D eigenvalue weighted by Gasteiger charge is 2.04. The first-order chi connectivity index (χ1) is 10.6. The summed E-state index contributed by atoms with van der Waals surface area (Å²) in [6.07, 6.45) is 0.854. The number of nitrogens with one attached hydrogen (secondary N) is 2. The van der Waals surface area contributed by atoms with Crippen LogP contribution in [-0.4, -0.2) is 18.7 Å². The van der Waals surface area contributed by atoms with E-state index in [4.69, 9.17) is 4.74 Å². The van der Waals surface area contributed by atoms with E-state index in [1.807, 2.05) is 56.3 Å².